The van der Waals surface area contributed by atoms with E-state index in [1.54, 1.807) is 12.2 Å². The van der Waals surface area contributed by atoms with Crippen LogP contribution in [0.1, 0.15) is 59.3 Å². The number of ether oxygens (including phenoxy) is 1. The highest BCUT2D eigenvalue weighted by molar-refractivity contribution is 8.04. The van der Waals surface area contributed by atoms with Gasteiger partial charge in [-0.2, -0.15) is 0 Å². The van der Waals surface area contributed by atoms with Crippen molar-refractivity contribution in [3.8, 4) is 0 Å². The van der Waals surface area contributed by atoms with Gasteiger partial charge >= 0.3 is 0 Å². The fraction of sp³-hybridized carbons (Fsp3) is 0.565. The number of thioether (sulfide) groups is 1. The molecule has 0 amide bonds. The third kappa shape index (κ3) is 4.87. The molecule has 0 saturated carbocycles. The number of nitrogens with one attached hydrogen (secondary N) is 1. The summed E-state index contributed by atoms with van der Waals surface area (Å²) < 4.78 is 6.63. The number of allylic oxidation sites excluding steroid dienone is 5. The van der Waals surface area contributed by atoms with Crippen molar-refractivity contribution in [1.29, 1.82) is 0 Å². The summed E-state index contributed by atoms with van der Waals surface area (Å²) in [5.41, 5.74) is 1.02. The third-order valence-corrected chi connectivity index (χ3v) is 6.23. The summed E-state index contributed by atoms with van der Waals surface area (Å²) in [6.45, 7) is 11.7. The van der Waals surface area contributed by atoms with Crippen molar-refractivity contribution >= 4 is 23.3 Å². The zero-order valence-corrected chi connectivity index (χ0v) is 18.3. The van der Waals surface area contributed by atoms with Gasteiger partial charge in [0, 0.05) is 16.9 Å². The highest BCUT2D eigenvalue weighted by Gasteiger charge is 2.43. The molecule has 1 spiro atoms. The lowest BCUT2D eigenvalue weighted by Crippen LogP contribution is -2.35. The van der Waals surface area contributed by atoms with Gasteiger partial charge in [-0.15, -0.1) is 18.3 Å². The second kappa shape index (κ2) is 10.8. The Hall–Kier alpha value is -1.59. The van der Waals surface area contributed by atoms with Crippen LogP contribution in [-0.4, -0.2) is 36.0 Å². The van der Waals surface area contributed by atoms with Crippen LogP contribution < -0.4 is 5.32 Å². The maximum atomic E-state index is 12.8. The Bertz CT molecular complexity index is 695. The molecular weight excluding hydrogens is 370 g/mol. The molecule has 5 heteroatoms. The van der Waals surface area contributed by atoms with Gasteiger partial charge in [-0.05, 0) is 51.6 Å². The third-order valence-electron chi connectivity index (χ3n) is 5.16. The standard InChI is InChI=1S/C21H27NO3S.C2H6/c1-3-5-8-15-16(7-4-2)19-20(18(24)17(15)23)26-14-11-21(25-19)9-6-12-22-13-10-21;1-2/h3,7-8,22H,1,4-6,9-14H2,2H3;1-2H3/b15-8+,16-7+;. The van der Waals surface area contributed by atoms with Crippen LogP contribution in [0.4, 0.5) is 0 Å². The molecule has 1 saturated heterocycles. The van der Waals surface area contributed by atoms with Crippen LogP contribution in [0.25, 0.3) is 0 Å². The summed E-state index contributed by atoms with van der Waals surface area (Å²) in [5, 5.41) is 3.44. The van der Waals surface area contributed by atoms with Crippen molar-refractivity contribution in [3.05, 3.63) is 46.6 Å². The highest BCUT2D eigenvalue weighted by Crippen LogP contribution is 2.45. The molecule has 28 heavy (non-hydrogen) atoms. The number of rotatable bonds is 3. The molecule has 0 aromatic carbocycles. The molecule has 1 N–H and O–H groups in total. The van der Waals surface area contributed by atoms with E-state index in [1.165, 1.54) is 11.8 Å². The molecule has 1 fully saturated rings. The normalized spacial score (nSPS) is 28.2. The maximum Gasteiger partial charge on any atom is 0.243 e. The zero-order chi connectivity index (χ0) is 20.6. The number of carbonyl (C=O) groups is 2. The Balaban J connectivity index is 0.00000136. The van der Waals surface area contributed by atoms with Crippen LogP contribution in [0.15, 0.2) is 46.6 Å². The average molecular weight is 404 g/mol. The van der Waals surface area contributed by atoms with Gasteiger partial charge in [-0.1, -0.05) is 39.0 Å². The summed E-state index contributed by atoms with van der Waals surface area (Å²) in [6.07, 6.45) is 10.8. The van der Waals surface area contributed by atoms with E-state index in [9.17, 15) is 9.59 Å². The molecule has 3 aliphatic rings. The van der Waals surface area contributed by atoms with E-state index in [0.717, 1.165) is 56.5 Å². The van der Waals surface area contributed by atoms with E-state index in [1.807, 2.05) is 26.8 Å². The Morgan fingerprint density at radius 2 is 1.89 bits per heavy atom. The van der Waals surface area contributed by atoms with Crippen LogP contribution in [-0.2, 0) is 14.3 Å². The summed E-state index contributed by atoms with van der Waals surface area (Å²) in [7, 11) is 0. The Labute approximate surface area is 173 Å². The van der Waals surface area contributed by atoms with Gasteiger partial charge in [0.25, 0.3) is 0 Å². The zero-order valence-electron chi connectivity index (χ0n) is 17.4. The first kappa shape index (κ1) is 22.7. The maximum absolute atomic E-state index is 12.8. The molecule has 154 valence electrons. The molecule has 2 aliphatic heterocycles. The molecule has 0 aromatic rings. The van der Waals surface area contributed by atoms with Gasteiger partial charge in [0.15, 0.2) is 0 Å². The van der Waals surface area contributed by atoms with Gasteiger partial charge in [-0.3, -0.25) is 9.59 Å². The smallest absolute Gasteiger partial charge is 0.243 e. The van der Waals surface area contributed by atoms with Crippen molar-refractivity contribution in [1.82, 2.24) is 5.32 Å². The lowest BCUT2D eigenvalue weighted by Gasteiger charge is -2.35. The van der Waals surface area contributed by atoms with Crippen LogP contribution in [0, 0.1) is 0 Å². The number of ketones is 2. The van der Waals surface area contributed by atoms with Gasteiger partial charge in [0.05, 0.1) is 0 Å². The highest BCUT2D eigenvalue weighted by atomic mass is 32.2. The predicted molar refractivity (Wildman–Crippen MR) is 117 cm³/mol. The molecule has 2 heterocycles. The van der Waals surface area contributed by atoms with Crippen molar-refractivity contribution in [2.75, 3.05) is 18.8 Å². The van der Waals surface area contributed by atoms with Crippen molar-refractivity contribution in [2.24, 2.45) is 0 Å². The monoisotopic (exact) mass is 403 g/mol. The van der Waals surface area contributed by atoms with E-state index in [0.29, 0.717) is 22.7 Å². The fourth-order valence-electron chi connectivity index (χ4n) is 3.80. The van der Waals surface area contributed by atoms with Crippen LogP contribution in [0.3, 0.4) is 0 Å². The molecule has 0 bridgehead atoms. The molecule has 1 aliphatic carbocycles. The molecule has 0 aromatic heterocycles. The predicted octanol–water partition coefficient (Wildman–Crippen LogP) is 4.88. The van der Waals surface area contributed by atoms with E-state index >= 15 is 0 Å². The minimum absolute atomic E-state index is 0.245. The second-order valence-corrected chi connectivity index (χ2v) is 8.08. The van der Waals surface area contributed by atoms with E-state index in [-0.39, 0.29) is 5.60 Å². The first-order valence-electron chi connectivity index (χ1n) is 10.5. The van der Waals surface area contributed by atoms with Crippen LogP contribution in [0.2, 0.25) is 0 Å². The Morgan fingerprint density at radius 3 is 2.61 bits per heavy atom. The minimum Gasteiger partial charge on any atom is -0.485 e. The molecule has 0 radical (unpaired) electrons. The Morgan fingerprint density at radius 1 is 1.11 bits per heavy atom. The van der Waals surface area contributed by atoms with Crippen molar-refractivity contribution in [3.63, 3.8) is 0 Å². The average Bonchev–Trinajstić information content (AvgIpc) is 3.06. The largest absolute Gasteiger partial charge is 0.485 e. The molecule has 1 unspecified atom stereocenters. The van der Waals surface area contributed by atoms with E-state index in [4.69, 9.17) is 4.74 Å². The number of hydrogen-bond donors (Lipinski definition) is 1. The minimum atomic E-state index is -0.419. The quantitative estimate of drug-likeness (QED) is 0.413. The Kier molecular flexibility index (Phi) is 8.77. The number of carbonyl (C=O) groups excluding carboxylic acids is 2. The van der Waals surface area contributed by atoms with Gasteiger partial charge in [0.1, 0.15) is 16.3 Å². The SMILES string of the molecule is C=CC/C=C1/C(=O)C(=O)C2=C(OC3(CCCNCC3)CCS2)/C1=C/CC.CC. The lowest BCUT2D eigenvalue weighted by atomic mass is 9.87. The van der Waals surface area contributed by atoms with Gasteiger partial charge in [-0.25, -0.2) is 0 Å². The van der Waals surface area contributed by atoms with Crippen molar-refractivity contribution in [2.45, 2.75) is 64.9 Å². The number of hydrogen-bond acceptors (Lipinski definition) is 5. The topological polar surface area (TPSA) is 55.4 Å². The van der Waals surface area contributed by atoms with Crippen LogP contribution in [0.5, 0.6) is 0 Å². The first-order chi connectivity index (χ1) is 13.6. The molecule has 4 nitrogen and oxygen atoms in total. The summed E-state index contributed by atoms with van der Waals surface area (Å²) >= 11 is 1.49. The number of Topliss-reactive ketones (excluding diaryl/α,β-unsaturated/α-hetero) is 2. The molecule has 3 rings (SSSR count). The van der Waals surface area contributed by atoms with Gasteiger partial charge in [0.2, 0.25) is 11.6 Å². The van der Waals surface area contributed by atoms with Crippen LogP contribution >= 0.6 is 11.8 Å². The first-order valence-corrected chi connectivity index (χ1v) is 11.5. The van der Waals surface area contributed by atoms with Crippen molar-refractivity contribution < 1.29 is 14.3 Å². The second-order valence-electron chi connectivity index (χ2n) is 6.97. The molecule has 1 atom stereocenters. The van der Waals surface area contributed by atoms with E-state index in [2.05, 4.69) is 11.9 Å². The van der Waals surface area contributed by atoms with Gasteiger partial charge < -0.3 is 10.1 Å². The summed E-state index contributed by atoms with van der Waals surface area (Å²) in [6, 6.07) is 0. The molecular formula is C23H33NO3S. The lowest BCUT2D eigenvalue weighted by molar-refractivity contribution is -0.132. The fourth-order valence-corrected chi connectivity index (χ4v) is 4.98. The summed E-state index contributed by atoms with van der Waals surface area (Å²) in [4.78, 5) is 26.0. The summed E-state index contributed by atoms with van der Waals surface area (Å²) in [5.74, 6) is 0.608. The van der Waals surface area contributed by atoms with E-state index < -0.39 is 11.6 Å².